The number of anilines is 1. The highest BCUT2D eigenvalue weighted by Crippen LogP contribution is 2.29. The first-order chi connectivity index (χ1) is 15.0. The summed E-state index contributed by atoms with van der Waals surface area (Å²) in [5.41, 5.74) is 0.484. The highest BCUT2D eigenvalue weighted by molar-refractivity contribution is 9.10. The van der Waals surface area contributed by atoms with E-state index in [0.29, 0.717) is 37.1 Å². The molecule has 0 radical (unpaired) electrons. The molecule has 0 N–H and O–H groups in total. The average Bonchev–Trinajstić information content (AvgIpc) is 3.41. The van der Waals surface area contributed by atoms with Crippen molar-refractivity contribution in [3.8, 4) is 17.3 Å². The van der Waals surface area contributed by atoms with Gasteiger partial charge in [-0.25, -0.2) is 4.39 Å². The Morgan fingerprint density at radius 3 is 2.90 bits per heavy atom. The van der Waals surface area contributed by atoms with Crippen LogP contribution < -0.4 is 9.64 Å². The van der Waals surface area contributed by atoms with Gasteiger partial charge in [-0.1, -0.05) is 0 Å². The number of hydrogen-bond acceptors (Lipinski definition) is 8. The third kappa shape index (κ3) is 5.22. The van der Waals surface area contributed by atoms with Gasteiger partial charge < -0.3 is 18.9 Å². The molecule has 2 aromatic heterocycles. The molecule has 0 atom stereocenters. The van der Waals surface area contributed by atoms with E-state index in [-0.39, 0.29) is 30.3 Å². The second-order valence-electron chi connectivity index (χ2n) is 6.98. The first-order valence-electron chi connectivity index (χ1n) is 9.91. The van der Waals surface area contributed by atoms with Crippen LogP contribution in [0.4, 0.5) is 10.3 Å². The molecule has 9 nitrogen and oxygen atoms in total. The molecule has 164 valence electrons. The van der Waals surface area contributed by atoms with Gasteiger partial charge in [0.05, 0.1) is 11.1 Å². The molecule has 1 fully saturated rings. The lowest BCUT2D eigenvalue weighted by molar-refractivity contribution is -0.144. The van der Waals surface area contributed by atoms with E-state index in [1.807, 2.05) is 4.90 Å². The van der Waals surface area contributed by atoms with Crippen molar-refractivity contribution in [3.63, 3.8) is 0 Å². The zero-order valence-electron chi connectivity index (χ0n) is 16.8. The van der Waals surface area contributed by atoms with E-state index in [1.165, 1.54) is 16.8 Å². The van der Waals surface area contributed by atoms with Gasteiger partial charge in [-0.2, -0.15) is 10.1 Å². The molecule has 1 aromatic carbocycles. The van der Waals surface area contributed by atoms with Crippen LogP contribution in [-0.2, 0) is 16.1 Å². The molecular formula is C20H21BrFN5O4. The van der Waals surface area contributed by atoms with Crippen molar-refractivity contribution < 1.29 is 23.2 Å². The van der Waals surface area contributed by atoms with E-state index in [1.54, 1.807) is 25.3 Å². The number of rotatable bonds is 7. The van der Waals surface area contributed by atoms with Crippen molar-refractivity contribution in [1.82, 2.24) is 19.9 Å². The molecule has 0 bridgehead atoms. The van der Waals surface area contributed by atoms with E-state index >= 15 is 0 Å². The van der Waals surface area contributed by atoms with Gasteiger partial charge in [-0.3, -0.25) is 9.48 Å². The maximum Gasteiger partial charge on any atom is 0.327 e. The van der Waals surface area contributed by atoms with Crippen LogP contribution >= 0.6 is 15.9 Å². The van der Waals surface area contributed by atoms with Gasteiger partial charge in [-0.15, -0.1) is 0 Å². The van der Waals surface area contributed by atoms with Crippen molar-refractivity contribution in [1.29, 1.82) is 0 Å². The predicted molar refractivity (Wildman–Crippen MR) is 112 cm³/mol. The van der Waals surface area contributed by atoms with Gasteiger partial charge in [0.15, 0.2) is 5.69 Å². The molecule has 0 saturated carbocycles. The Morgan fingerprint density at radius 2 is 2.13 bits per heavy atom. The third-order valence-electron chi connectivity index (χ3n) is 4.78. The van der Waals surface area contributed by atoms with Crippen LogP contribution in [0, 0.1) is 5.82 Å². The van der Waals surface area contributed by atoms with E-state index in [0.717, 1.165) is 17.3 Å². The highest BCUT2D eigenvalue weighted by atomic mass is 79.9. The van der Waals surface area contributed by atoms with E-state index in [2.05, 4.69) is 31.2 Å². The van der Waals surface area contributed by atoms with Crippen molar-refractivity contribution in [2.24, 2.45) is 0 Å². The average molecular weight is 494 g/mol. The van der Waals surface area contributed by atoms with Crippen LogP contribution in [-0.4, -0.2) is 51.7 Å². The number of nitrogens with zero attached hydrogens (tertiary/aromatic N) is 5. The fourth-order valence-corrected chi connectivity index (χ4v) is 3.61. The molecule has 11 heteroatoms. The summed E-state index contributed by atoms with van der Waals surface area (Å²) >= 11 is 3.39. The van der Waals surface area contributed by atoms with Gasteiger partial charge in [0, 0.05) is 38.2 Å². The lowest BCUT2D eigenvalue weighted by Gasteiger charge is -2.31. The van der Waals surface area contributed by atoms with E-state index < -0.39 is 0 Å². The second kappa shape index (κ2) is 9.46. The molecule has 0 amide bonds. The van der Waals surface area contributed by atoms with Crippen LogP contribution in [0.15, 0.2) is 39.5 Å². The monoisotopic (exact) mass is 493 g/mol. The maximum atomic E-state index is 13.5. The third-order valence-corrected chi connectivity index (χ3v) is 5.44. The number of halogens is 2. The van der Waals surface area contributed by atoms with Crippen molar-refractivity contribution in [3.05, 3.63) is 40.8 Å². The van der Waals surface area contributed by atoms with Gasteiger partial charge in [0.25, 0.3) is 11.8 Å². The number of benzene rings is 1. The van der Waals surface area contributed by atoms with Crippen molar-refractivity contribution in [2.45, 2.75) is 32.4 Å². The zero-order valence-corrected chi connectivity index (χ0v) is 18.4. The molecule has 0 aliphatic carbocycles. The van der Waals surface area contributed by atoms with Gasteiger partial charge in [-0.05, 0) is 46.2 Å². The van der Waals surface area contributed by atoms with Gasteiger partial charge in [0.2, 0.25) is 0 Å². The van der Waals surface area contributed by atoms with Crippen LogP contribution in [0.1, 0.15) is 19.8 Å². The summed E-state index contributed by atoms with van der Waals surface area (Å²) in [4.78, 5) is 18.0. The molecule has 1 saturated heterocycles. The predicted octanol–water partition coefficient (Wildman–Crippen LogP) is 3.45. The zero-order chi connectivity index (χ0) is 21.8. The van der Waals surface area contributed by atoms with Crippen LogP contribution in [0.3, 0.4) is 0 Å². The lowest BCUT2D eigenvalue weighted by Crippen LogP contribution is -2.38. The standard InChI is InChI=1S/C20H21BrFN5O4/c1-2-29-18(28)12-27-10-7-16(24-27)19-23-20(25-31-19)26-8-5-14(6-9-26)30-17-11-13(22)3-4-15(17)21/h3-4,7,10-11,14H,2,5-6,8-9,12H2,1H3. The Hall–Kier alpha value is -2.95. The van der Waals surface area contributed by atoms with Crippen LogP contribution in [0.2, 0.25) is 0 Å². The first kappa shape index (κ1) is 21.3. The van der Waals surface area contributed by atoms with Gasteiger partial charge >= 0.3 is 5.97 Å². The Balaban J connectivity index is 1.34. The topological polar surface area (TPSA) is 95.5 Å². The molecule has 4 rings (SSSR count). The molecule has 31 heavy (non-hydrogen) atoms. The van der Waals surface area contributed by atoms with Gasteiger partial charge in [0.1, 0.15) is 24.2 Å². The SMILES string of the molecule is CCOC(=O)Cn1ccc(-c2nc(N3CCC(Oc4cc(F)ccc4Br)CC3)no2)n1. The second-order valence-corrected chi connectivity index (χ2v) is 7.84. The number of carbonyl (C=O) groups excluding carboxylic acids is 1. The number of esters is 1. The number of carbonyl (C=O) groups is 1. The highest BCUT2D eigenvalue weighted by Gasteiger charge is 2.25. The molecule has 3 heterocycles. The molecule has 0 spiro atoms. The Bertz CT molecular complexity index is 1050. The summed E-state index contributed by atoms with van der Waals surface area (Å²) in [5, 5.41) is 8.33. The number of aromatic nitrogens is 4. The molecule has 1 aliphatic rings. The summed E-state index contributed by atoms with van der Waals surface area (Å²) in [6, 6.07) is 6.10. The normalized spacial score (nSPS) is 14.6. The van der Waals surface area contributed by atoms with Crippen LogP contribution in [0.25, 0.3) is 11.6 Å². The number of piperidine rings is 1. The number of hydrogen-bond donors (Lipinski definition) is 0. The molecule has 0 unspecified atom stereocenters. The fraction of sp³-hybridized carbons (Fsp3) is 0.400. The summed E-state index contributed by atoms with van der Waals surface area (Å²) in [6.07, 6.45) is 3.10. The van der Waals surface area contributed by atoms with Crippen LogP contribution in [0.5, 0.6) is 5.75 Å². The minimum absolute atomic E-state index is 0.0176. The largest absolute Gasteiger partial charge is 0.489 e. The summed E-state index contributed by atoms with van der Waals surface area (Å²) in [7, 11) is 0. The maximum absolute atomic E-state index is 13.5. The fourth-order valence-electron chi connectivity index (χ4n) is 3.27. The number of ether oxygens (including phenoxy) is 2. The van der Waals surface area contributed by atoms with Crippen molar-refractivity contribution >= 4 is 27.8 Å². The summed E-state index contributed by atoms with van der Waals surface area (Å²) < 4.78 is 31.9. The molecule has 1 aliphatic heterocycles. The van der Waals surface area contributed by atoms with E-state index in [4.69, 9.17) is 14.0 Å². The summed E-state index contributed by atoms with van der Waals surface area (Å²) in [6.45, 7) is 3.44. The Kier molecular flexibility index (Phi) is 6.50. The Morgan fingerprint density at radius 1 is 1.32 bits per heavy atom. The minimum Gasteiger partial charge on any atom is -0.489 e. The Labute approximate surface area is 186 Å². The van der Waals surface area contributed by atoms with Crippen molar-refractivity contribution in [2.75, 3.05) is 24.6 Å². The molecular weight excluding hydrogens is 473 g/mol. The summed E-state index contributed by atoms with van der Waals surface area (Å²) in [5.74, 6) is 0.553. The molecule has 3 aromatic rings. The van der Waals surface area contributed by atoms with E-state index in [9.17, 15) is 9.18 Å². The lowest BCUT2D eigenvalue weighted by atomic mass is 10.1. The first-order valence-corrected chi connectivity index (χ1v) is 10.7. The smallest absolute Gasteiger partial charge is 0.327 e. The quantitative estimate of drug-likeness (QED) is 0.461. The minimum atomic E-state index is -0.362.